The minimum Gasteiger partial charge on any atom is -0.444 e. The summed E-state index contributed by atoms with van der Waals surface area (Å²) in [4.78, 5) is 24.3. The fraction of sp³-hybridized carbons (Fsp3) is 0.429. The Balaban J connectivity index is 2.10. The summed E-state index contributed by atoms with van der Waals surface area (Å²) in [5, 5.41) is 0. The number of carbonyl (C=O) groups is 2. The summed E-state index contributed by atoms with van der Waals surface area (Å²) >= 11 is 0. The van der Waals surface area contributed by atoms with Crippen LogP contribution in [-0.4, -0.2) is 22.9 Å². The number of fused-ring (bicyclic) bond motifs is 1. The molecule has 0 atom stereocenters. The minimum absolute atomic E-state index is 0.314. The van der Waals surface area contributed by atoms with Gasteiger partial charge in [-0.2, -0.15) is 0 Å². The maximum absolute atomic E-state index is 11.9. The normalized spacial score (nSPS) is 14.3. The van der Waals surface area contributed by atoms with E-state index in [9.17, 15) is 9.59 Å². The van der Waals surface area contributed by atoms with Crippen LogP contribution in [0.3, 0.4) is 0 Å². The Bertz CT molecular complexity index is 488. The van der Waals surface area contributed by atoms with E-state index >= 15 is 0 Å². The van der Waals surface area contributed by atoms with E-state index in [0.29, 0.717) is 18.7 Å². The maximum Gasteiger partial charge on any atom is 0.410 e. The van der Waals surface area contributed by atoms with Gasteiger partial charge in [0, 0.05) is 18.7 Å². The number of hydrogen-bond donors (Lipinski definition) is 0. The molecule has 1 aromatic carbocycles. The molecule has 0 unspecified atom stereocenters. The van der Waals surface area contributed by atoms with Crippen LogP contribution in [0.25, 0.3) is 0 Å². The second kappa shape index (κ2) is 4.44. The highest BCUT2D eigenvalue weighted by Gasteiger charge is 2.27. The lowest BCUT2D eigenvalue weighted by Crippen LogP contribution is -2.33. The van der Waals surface area contributed by atoms with E-state index in [1.54, 1.807) is 11.0 Å². The third kappa shape index (κ3) is 2.70. The number of carbonyl (C=O) groups excluding carboxylic acids is 2. The molecule has 0 aliphatic carbocycles. The van der Waals surface area contributed by atoms with Gasteiger partial charge in [0.15, 0.2) is 0 Å². The van der Waals surface area contributed by atoms with Crippen LogP contribution in [0.4, 0.5) is 4.79 Å². The third-order valence-corrected chi connectivity index (χ3v) is 2.74. The minimum atomic E-state index is -0.486. The summed E-state index contributed by atoms with van der Waals surface area (Å²) in [7, 11) is 0. The third-order valence-electron chi connectivity index (χ3n) is 2.74. The second-order valence-electron chi connectivity index (χ2n) is 5.48. The average Bonchev–Trinajstić information content (AvgIpc) is 2.69. The molecule has 1 amide bonds. The van der Waals surface area contributed by atoms with Crippen molar-refractivity contribution in [2.75, 3.05) is 0 Å². The van der Waals surface area contributed by atoms with Crippen LogP contribution in [0, 0.1) is 0 Å². The van der Waals surface area contributed by atoms with Gasteiger partial charge in [0.1, 0.15) is 11.9 Å². The molecule has 0 saturated heterocycles. The van der Waals surface area contributed by atoms with E-state index in [2.05, 4.69) is 0 Å². The summed E-state index contributed by atoms with van der Waals surface area (Å²) in [5.74, 6) is 0. The van der Waals surface area contributed by atoms with Crippen molar-refractivity contribution in [2.45, 2.75) is 39.5 Å². The molecular formula is C14H17NO3. The predicted octanol–water partition coefficient (Wildman–Crippen LogP) is 2.75. The Morgan fingerprint density at radius 2 is 1.94 bits per heavy atom. The molecular weight excluding hydrogens is 230 g/mol. The molecule has 0 spiro atoms. The summed E-state index contributed by atoms with van der Waals surface area (Å²) in [5.41, 5.74) is 2.25. The van der Waals surface area contributed by atoms with Gasteiger partial charge in [-0.15, -0.1) is 0 Å². The Morgan fingerprint density at radius 1 is 1.28 bits per heavy atom. The van der Waals surface area contributed by atoms with E-state index in [1.165, 1.54) is 0 Å². The maximum atomic E-state index is 11.9. The molecule has 1 aromatic rings. The van der Waals surface area contributed by atoms with E-state index in [-0.39, 0.29) is 6.09 Å². The molecule has 0 radical (unpaired) electrons. The molecule has 96 valence electrons. The molecule has 0 aromatic heterocycles. The topological polar surface area (TPSA) is 46.6 Å². The summed E-state index contributed by atoms with van der Waals surface area (Å²) in [6.07, 6.45) is 0.502. The lowest BCUT2D eigenvalue weighted by molar-refractivity contribution is 0.0242. The Kier molecular flexibility index (Phi) is 3.11. The second-order valence-corrected chi connectivity index (χ2v) is 5.48. The molecule has 1 aliphatic heterocycles. The molecule has 18 heavy (non-hydrogen) atoms. The van der Waals surface area contributed by atoms with Crippen molar-refractivity contribution in [3.05, 3.63) is 34.9 Å². The van der Waals surface area contributed by atoms with Crippen LogP contribution in [-0.2, 0) is 17.8 Å². The average molecular weight is 247 g/mol. The van der Waals surface area contributed by atoms with Crippen molar-refractivity contribution in [2.24, 2.45) is 0 Å². The van der Waals surface area contributed by atoms with Crippen molar-refractivity contribution >= 4 is 12.4 Å². The fourth-order valence-corrected chi connectivity index (χ4v) is 1.94. The van der Waals surface area contributed by atoms with Gasteiger partial charge in [-0.1, -0.05) is 12.1 Å². The van der Waals surface area contributed by atoms with E-state index in [0.717, 1.165) is 17.4 Å². The van der Waals surface area contributed by atoms with Crippen molar-refractivity contribution in [3.8, 4) is 0 Å². The SMILES string of the molecule is CC(C)(C)OC(=O)N1Cc2ccc(C=O)cc2C1. The Labute approximate surface area is 107 Å². The molecule has 1 heterocycles. The number of ether oxygens (including phenoxy) is 1. The molecule has 2 rings (SSSR count). The first-order valence-corrected chi connectivity index (χ1v) is 5.94. The van der Waals surface area contributed by atoms with E-state index in [4.69, 9.17) is 4.74 Å². The molecule has 0 bridgehead atoms. The number of rotatable bonds is 1. The Morgan fingerprint density at radius 3 is 2.56 bits per heavy atom. The van der Waals surface area contributed by atoms with Crippen molar-refractivity contribution in [3.63, 3.8) is 0 Å². The molecule has 0 N–H and O–H groups in total. The van der Waals surface area contributed by atoms with Crippen LogP contribution in [0.5, 0.6) is 0 Å². The highest BCUT2D eigenvalue weighted by Crippen LogP contribution is 2.25. The van der Waals surface area contributed by atoms with Gasteiger partial charge < -0.3 is 4.74 Å². The molecule has 4 heteroatoms. The largest absolute Gasteiger partial charge is 0.444 e. The number of nitrogens with zero attached hydrogens (tertiary/aromatic N) is 1. The zero-order valence-corrected chi connectivity index (χ0v) is 10.9. The quantitative estimate of drug-likeness (QED) is 0.717. The fourth-order valence-electron chi connectivity index (χ4n) is 1.94. The lowest BCUT2D eigenvalue weighted by atomic mass is 10.1. The number of hydrogen-bond acceptors (Lipinski definition) is 3. The van der Waals surface area contributed by atoms with Gasteiger partial charge in [-0.25, -0.2) is 4.79 Å². The van der Waals surface area contributed by atoms with Gasteiger partial charge in [-0.05, 0) is 38.0 Å². The summed E-state index contributed by atoms with van der Waals surface area (Å²) < 4.78 is 5.33. The van der Waals surface area contributed by atoms with Gasteiger partial charge >= 0.3 is 6.09 Å². The highest BCUT2D eigenvalue weighted by atomic mass is 16.6. The van der Waals surface area contributed by atoms with Crippen LogP contribution < -0.4 is 0 Å². The first kappa shape index (κ1) is 12.6. The van der Waals surface area contributed by atoms with Gasteiger partial charge in [0.25, 0.3) is 0 Å². The molecule has 0 saturated carbocycles. The summed E-state index contributed by atoms with van der Waals surface area (Å²) in [6, 6.07) is 5.49. The van der Waals surface area contributed by atoms with E-state index < -0.39 is 5.60 Å². The van der Waals surface area contributed by atoms with Gasteiger partial charge in [0.2, 0.25) is 0 Å². The van der Waals surface area contributed by atoms with Gasteiger partial charge in [0.05, 0.1) is 0 Å². The standard InChI is InChI=1S/C14H17NO3/c1-14(2,3)18-13(17)15-7-11-5-4-10(9-16)6-12(11)8-15/h4-6,9H,7-8H2,1-3H3. The van der Waals surface area contributed by atoms with Crippen molar-refractivity contribution in [1.82, 2.24) is 4.90 Å². The first-order valence-electron chi connectivity index (χ1n) is 5.94. The smallest absolute Gasteiger partial charge is 0.410 e. The van der Waals surface area contributed by atoms with E-state index in [1.807, 2.05) is 32.9 Å². The zero-order chi connectivity index (χ0) is 13.3. The van der Waals surface area contributed by atoms with Gasteiger partial charge in [-0.3, -0.25) is 9.69 Å². The lowest BCUT2D eigenvalue weighted by Gasteiger charge is -2.24. The number of amides is 1. The molecule has 4 nitrogen and oxygen atoms in total. The van der Waals surface area contributed by atoms with Crippen LogP contribution in [0.2, 0.25) is 0 Å². The summed E-state index contributed by atoms with van der Waals surface area (Å²) in [6.45, 7) is 6.59. The van der Waals surface area contributed by atoms with Crippen molar-refractivity contribution < 1.29 is 14.3 Å². The number of aldehydes is 1. The predicted molar refractivity (Wildman–Crippen MR) is 67.3 cm³/mol. The molecule has 0 fully saturated rings. The number of benzene rings is 1. The Hall–Kier alpha value is -1.84. The van der Waals surface area contributed by atoms with Crippen LogP contribution in [0.15, 0.2) is 18.2 Å². The molecule has 1 aliphatic rings. The first-order chi connectivity index (χ1) is 8.39. The van der Waals surface area contributed by atoms with Crippen LogP contribution >= 0.6 is 0 Å². The highest BCUT2D eigenvalue weighted by molar-refractivity contribution is 5.76. The van der Waals surface area contributed by atoms with Crippen LogP contribution in [0.1, 0.15) is 42.3 Å². The monoisotopic (exact) mass is 247 g/mol. The zero-order valence-electron chi connectivity index (χ0n) is 10.9. The van der Waals surface area contributed by atoms with Crippen molar-refractivity contribution in [1.29, 1.82) is 0 Å².